The van der Waals surface area contributed by atoms with Crippen LogP contribution >= 0.6 is 11.6 Å². The number of benzene rings is 1. The Hall–Kier alpha value is -1.22. The van der Waals surface area contributed by atoms with E-state index >= 15 is 0 Å². The number of hydrogen-bond acceptors (Lipinski definition) is 2. The minimum Gasteiger partial charge on any atom is -0.493 e. The number of halogens is 1. The minimum absolute atomic E-state index is 0.176. The van der Waals surface area contributed by atoms with Crippen LogP contribution in [0.5, 0.6) is 5.75 Å². The first kappa shape index (κ1) is 19.1. The molecule has 4 aliphatic carbocycles. The fourth-order valence-corrected chi connectivity index (χ4v) is 6.59. The standard InChI is InChI=1S/C23H32ClNO2/c1-15-8-20(24)5-6-21(15)27-7-3-4-22(26)25-16(2)23-12-17-9-18(13-23)11-19(10-17)14-23/h5-6,8,16-19H,3-4,7,9-14H2,1-2H3,(H,25,26)/t16-,17?,18?,19?,23?/m1/s1. The second-order valence-corrected chi connectivity index (χ2v) is 9.87. The first-order valence-electron chi connectivity index (χ1n) is 10.6. The van der Waals surface area contributed by atoms with Crippen LogP contribution in [0.2, 0.25) is 5.02 Å². The van der Waals surface area contributed by atoms with Crippen molar-refractivity contribution in [3.8, 4) is 5.75 Å². The van der Waals surface area contributed by atoms with Gasteiger partial charge >= 0.3 is 0 Å². The molecule has 0 saturated heterocycles. The quantitative estimate of drug-likeness (QED) is 0.622. The Morgan fingerprint density at radius 3 is 2.44 bits per heavy atom. The van der Waals surface area contributed by atoms with E-state index in [0.29, 0.717) is 24.5 Å². The highest BCUT2D eigenvalue weighted by molar-refractivity contribution is 6.30. The van der Waals surface area contributed by atoms with Crippen molar-refractivity contribution in [3.63, 3.8) is 0 Å². The van der Waals surface area contributed by atoms with Crippen molar-refractivity contribution in [3.05, 3.63) is 28.8 Å². The summed E-state index contributed by atoms with van der Waals surface area (Å²) in [5.74, 6) is 3.79. The SMILES string of the molecule is Cc1cc(Cl)ccc1OCCCC(=O)N[C@H](C)C12CC3CC(CC(C3)C1)C2. The zero-order valence-electron chi connectivity index (χ0n) is 16.6. The van der Waals surface area contributed by atoms with Crippen molar-refractivity contribution < 1.29 is 9.53 Å². The Morgan fingerprint density at radius 2 is 1.85 bits per heavy atom. The predicted octanol–water partition coefficient (Wildman–Crippen LogP) is 5.53. The molecule has 1 aromatic carbocycles. The van der Waals surface area contributed by atoms with E-state index in [1.807, 2.05) is 25.1 Å². The van der Waals surface area contributed by atoms with Crippen LogP contribution in [0.15, 0.2) is 18.2 Å². The number of nitrogens with one attached hydrogen (secondary N) is 1. The molecule has 4 heteroatoms. The summed E-state index contributed by atoms with van der Waals surface area (Å²) in [6.45, 7) is 4.79. The maximum atomic E-state index is 12.5. The van der Waals surface area contributed by atoms with Gasteiger partial charge in [0.1, 0.15) is 5.75 Å². The maximum Gasteiger partial charge on any atom is 0.220 e. The lowest BCUT2D eigenvalue weighted by molar-refractivity contribution is -0.126. The highest BCUT2D eigenvalue weighted by Crippen LogP contribution is 2.61. The highest BCUT2D eigenvalue weighted by Gasteiger charge is 2.53. The molecule has 1 aromatic rings. The average molecular weight is 390 g/mol. The Balaban J connectivity index is 1.22. The molecule has 27 heavy (non-hydrogen) atoms. The van der Waals surface area contributed by atoms with Gasteiger partial charge < -0.3 is 10.1 Å². The predicted molar refractivity (Wildman–Crippen MR) is 109 cm³/mol. The Bertz CT molecular complexity index is 666. The summed E-state index contributed by atoms with van der Waals surface area (Å²) in [6.07, 6.45) is 9.60. The first-order chi connectivity index (χ1) is 12.9. The number of ether oxygens (including phenoxy) is 1. The van der Waals surface area contributed by atoms with Crippen molar-refractivity contribution in [1.82, 2.24) is 5.32 Å². The second-order valence-electron chi connectivity index (χ2n) is 9.43. The van der Waals surface area contributed by atoms with Gasteiger partial charge in [-0.15, -0.1) is 0 Å². The van der Waals surface area contributed by atoms with Crippen LogP contribution in [0, 0.1) is 30.1 Å². The maximum absolute atomic E-state index is 12.5. The molecule has 4 aliphatic rings. The molecule has 4 bridgehead atoms. The van der Waals surface area contributed by atoms with Crippen molar-refractivity contribution in [2.24, 2.45) is 23.2 Å². The van der Waals surface area contributed by atoms with Crippen molar-refractivity contribution >= 4 is 17.5 Å². The van der Waals surface area contributed by atoms with Crippen molar-refractivity contribution in [1.29, 1.82) is 0 Å². The fourth-order valence-electron chi connectivity index (χ4n) is 6.36. The van der Waals surface area contributed by atoms with Crippen LogP contribution in [-0.2, 0) is 4.79 Å². The van der Waals surface area contributed by atoms with E-state index in [1.165, 1.54) is 38.5 Å². The van der Waals surface area contributed by atoms with Gasteiger partial charge in [0.15, 0.2) is 0 Å². The zero-order chi connectivity index (χ0) is 19.0. The molecule has 0 heterocycles. The van der Waals surface area contributed by atoms with Gasteiger partial charge in [0, 0.05) is 17.5 Å². The molecular formula is C23H32ClNO2. The molecule has 4 fully saturated rings. The fraction of sp³-hybridized carbons (Fsp3) is 0.696. The van der Waals surface area contributed by atoms with Crippen LogP contribution in [0.25, 0.3) is 0 Å². The van der Waals surface area contributed by atoms with Crippen LogP contribution in [0.3, 0.4) is 0 Å². The van der Waals surface area contributed by atoms with E-state index in [1.54, 1.807) is 0 Å². The summed E-state index contributed by atoms with van der Waals surface area (Å²) in [7, 11) is 0. The lowest BCUT2D eigenvalue weighted by Crippen LogP contribution is -2.55. The monoisotopic (exact) mass is 389 g/mol. The van der Waals surface area contributed by atoms with Gasteiger partial charge in [-0.1, -0.05) is 11.6 Å². The highest BCUT2D eigenvalue weighted by atomic mass is 35.5. The lowest BCUT2D eigenvalue weighted by atomic mass is 9.48. The second kappa shape index (κ2) is 7.66. The number of carbonyl (C=O) groups excluding carboxylic acids is 1. The summed E-state index contributed by atoms with van der Waals surface area (Å²) in [6, 6.07) is 5.94. The van der Waals surface area contributed by atoms with Crippen LogP contribution in [-0.4, -0.2) is 18.6 Å². The minimum atomic E-state index is 0.176. The van der Waals surface area contributed by atoms with Crippen molar-refractivity contribution in [2.45, 2.75) is 71.3 Å². The first-order valence-corrected chi connectivity index (χ1v) is 11.0. The van der Waals surface area contributed by atoms with Crippen LogP contribution in [0.4, 0.5) is 0 Å². The van der Waals surface area contributed by atoms with E-state index < -0.39 is 0 Å². The molecule has 5 rings (SSSR count). The van der Waals surface area contributed by atoms with Gasteiger partial charge in [-0.3, -0.25) is 4.79 Å². The molecular weight excluding hydrogens is 358 g/mol. The average Bonchev–Trinajstić information content (AvgIpc) is 2.59. The van der Waals surface area contributed by atoms with E-state index in [-0.39, 0.29) is 5.91 Å². The Kier molecular flexibility index (Phi) is 5.42. The van der Waals surface area contributed by atoms with Crippen LogP contribution in [0.1, 0.15) is 63.9 Å². The summed E-state index contributed by atoms with van der Waals surface area (Å²) < 4.78 is 5.81. The summed E-state index contributed by atoms with van der Waals surface area (Å²) in [5.41, 5.74) is 1.41. The Morgan fingerprint density at radius 1 is 1.22 bits per heavy atom. The molecule has 0 unspecified atom stereocenters. The van der Waals surface area contributed by atoms with Gasteiger partial charge in [0.25, 0.3) is 0 Å². The molecule has 0 radical (unpaired) electrons. The normalized spacial score (nSPS) is 32.3. The topological polar surface area (TPSA) is 38.3 Å². The largest absolute Gasteiger partial charge is 0.493 e. The molecule has 0 spiro atoms. The third-order valence-electron chi connectivity index (χ3n) is 7.32. The molecule has 1 amide bonds. The molecule has 0 aromatic heterocycles. The molecule has 3 nitrogen and oxygen atoms in total. The number of rotatable bonds is 7. The van der Waals surface area contributed by atoms with Gasteiger partial charge in [-0.2, -0.15) is 0 Å². The number of carbonyl (C=O) groups is 1. The summed E-state index contributed by atoms with van der Waals surface area (Å²) in [5, 5.41) is 4.06. The third kappa shape index (κ3) is 4.13. The molecule has 1 N–H and O–H groups in total. The van der Waals surface area contributed by atoms with Crippen LogP contribution < -0.4 is 10.1 Å². The van der Waals surface area contributed by atoms with Gasteiger partial charge in [-0.05, 0) is 106 Å². The molecule has 0 aliphatic heterocycles. The van der Waals surface area contributed by atoms with E-state index in [0.717, 1.165) is 40.5 Å². The lowest BCUT2D eigenvalue weighted by Gasteiger charge is -2.59. The summed E-state index contributed by atoms with van der Waals surface area (Å²) in [4.78, 5) is 12.5. The number of hydrogen-bond donors (Lipinski definition) is 1. The van der Waals surface area contributed by atoms with E-state index in [2.05, 4.69) is 12.2 Å². The smallest absolute Gasteiger partial charge is 0.220 e. The molecule has 148 valence electrons. The van der Waals surface area contributed by atoms with Gasteiger partial charge in [0.05, 0.1) is 6.61 Å². The van der Waals surface area contributed by atoms with E-state index in [4.69, 9.17) is 16.3 Å². The third-order valence-corrected chi connectivity index (χ3v) is 7.56. The Labute approximate surface area is 168 Å². The summed E-state index contributed by atoms with van der Waals surface area (Å²) >= 11 is 5.97. The van der Waals surface area contributed by atoms with E-state index in [9.17, 15) is 4.79 Å². The number of amides is 1. The molecule has 1 atom stereocenters. The zero-order valence-corrected chi connectivity index (χ0v) is 17.4. The van der Waals surface area contributed by atoms with Gasteiger partial charge in [-0.25, -0.2) is 0 Å². The van der Waals surface area contributed by atoms with Crippen molar-refractivity contribution in [2.75, 3.05) is 6.61 Å². The van der Waals surface area contributed by atoms with Gasteiger partial charge in [0.2, 0.25) is 5.91 Å². The molecule has 4 saturated carbocycles. The number of aryl methyl sites for hydroxylation is 1.